The van der Waals surface area contributed by atoms with Gasteiger partial charge in [-0.25, -0.2) is 0 Å². The standard InChI is InChI=1S/C63H55BN2OS/c1-60(2,3)34-20-24-37(25-21-34)66-48-33-53-42(41-28-36(62(7,8)9)23-27-52(41)68-53)30-44(48)56-57-54(39-17-12-14-18-45(39)63(57,10)11)55-43-29-35(61(4,5)6)22-26-47(43)65-49-32-51-40(38-16-13-15-19-50(38)67-51)31-46(49)64(66)58(56)59(55)65/h12-33H,1-11H3. The highest BCUT2D eigenvalue weighted by Gasteiger charge is 2.50. The first-order valence-corrected chi connectivity index (χ1v) is 25.3. The summed E-state index contributed by atoms with van der Waals surface area (Å²) in [5, 5.41) is 7.67. The van der Waals surface area contributed by atoms with Crippen LogP contribution >= 0.6 is 11.3 Å². The maximum absolute atomic E-state index is 6.80. The zero-order chi connectivity index (χ0) is 46.7. The number of hydrogen-bond acceptors (Lipinski definition) is 3. The van der Waals surface area contributed by atoms with E-state index in [0.717, 1.165) is 21.9 Å². The molecule has 332 valence electrons. The van der Waals surface area contributed by atoms with E-state index in [0.29, 0.717) is 0 Å². The summed E-state index contributed by atoms with van der Waals surface area (Å²) in [5.74, 6) is 0. The Bertz CT molecular complexity index is 4060. The van der Waals surface area contributed by atoms with E-state index >= 15 is 0 Å². The number of rotatable bonds is 1. The third-order valence-corrected chi connectivity index (χ3v) is 17.3. The van der Waals surface area contributed by atoms with E-state index in [4.69, 9.17) is 4.42 Å². The number of fused-ring (bicyclic) bond motifs is 19. The minimum Gasteiger partial charge on any atom is -0.456 e. The predicted octanol–water partition coefficient (Wildman–Crippen LogP) is 16.5. The van der Waals surface area contributed by atoms with E-state index < -0.39 is 0 Å². The molecule has 11 aromatic rings. The Morgan fingerprint density at radius 1 is 0.529 bits per heavy atom. The summed E-state index contributed by atoms with van der Waals surface area (Å²) in [4.78, 5) is 2.73. The van der Waals surface area contributed by atoms with Gasteiger partial charge in [-0.1, -0.05) is 149 Å². The van der Waals surface area contributed by atoms with Crippen LogP contribution in [0.3, 0.4) is 0 Å². The summed E-state index contributed by atoms with van der Waals surface area (Å²) in [7, 11) is 0. The number of thiophene rings is 1. The van der Waals surface area contributed by atoms with Crippen molar-refractivity contribution in [2.45, 2.75) is 97.8 Å². The summed E-state index contributed by atoms with van der Waals surface area (Å²) < 4.78 is 12.1. The molecule has 0 saturated heterocycles. The molecule has 3 aliphatic rings. The van der Waals surface area contributed by atoms with Gasteiger partial charge < -0.3 is 13.8 Å². The molecule has 3 nitrogen and oxygen atoms in total. The van der Waals surface area contributed by atoms with Crippen LogP contribution in [0.25, 0.3) is 91.9 Å². The largest absolute Gasteiger partial charge is 0.456 e. The lowest BCUT2D eigenvalue weighted by molar-refractivity contribution is 0.590. The van der Waals surface area contributed by atoms with Gasteiger partial charge in [-0.3, -0.25) is 0 Å². The van der Waals surface area contributed by atoms with Crippen molar-refractivity contribution in [1.82, 2.24) is 4.57 Å². The molecular weight excluding hydrogens is 844 g/mol. The van der Waals surface area contributed by atoms with Gasteiger partial charge in [-0.2, -0.15) is 0 Å². The zero-order valence-corrected chi connectivity index (χ0v) is 41.8. The Labute approximate surface area is 403 Å². The normalized spacial score (nSPS) is 15.0. The number of furan rings is 1. The number of nitrogens with zero attached hydrogens (tertiary/aromatic N) is 2. The topological polar surface area (TPSA) is 21.3 Å². The lowest BCUT2D eigenvalue weighted by Crippen LogP contribution is -2.61. The summed E-state index contributed by atoms with van der Waals surface area (Å²) in [6.07, 6.45) is 0. The molecule has 0 bridgehead atoms. The van der Waals surface area contributed by atoms with Crippen LogP contribution in [-0.4, -0.2) is 11.4 Å². The molecule has 5 heterocycles. The smallest absolute Gasteiger partial charge is 0.333 e. The van der Waals surface area contributed by atoms with Gasteiger partial charge in [0.2, 0.25) is 0 Å². The number of benzene rings is 8. The van der Waals surface area contributed by atoms with Gasteiger partial charge in [-0.05, 0) is 126 Å². The van der Waals surface area contributed by atoms with Crippen LogP contribution in [0.15, 0.2) is 138 Å². The van der Waals surface area contributed by atoms with Crippen LogP contribution in [0.1, 0.15) is 104 Å². The van der Waals surface area contributed by atoms with E-state index in [1.807, 2.05) is 11.3 Å². The van der Waals surface area contributed by atoms with Crippen molar-refractivity contribution in [3.05, 3.63) is 161 Å². The van der Waals surface area contributed by atoms with Gasteiger partial charge in [0.25, 0.3) is 0 Å². The average Bonchev–Trinajstić information content (AvgIpc) is 4.02. The molecule has 3 aromatic heterocycles. The molecular formula is C63H55BN2OS. The monoisotopic (exact) mass is 898 g/mol. The van der Waals surface area contributed by atoms with Gasteiger partial charge in [-0.15, -0.1) is 11.3 Å². The van der Waals surface area contributed by atoms with Crippen LogP contribution < -0.4 is 15.7 Å². The van der Waals surface area contributed by atoms with Crippen molar-refractivity contribution in [3.8, 4) is 27.9 Å². The van der Waals surface area contributed by atoms with Gasteiger partial charge in [0.05, 0.1) is 11.0 Å². The summed E-state index contributed by atoms with van der Waals surface area (Å²) in [6.45, 7) is 25.8. The van der Waals surface area contributed by atoms with Crippen molar-refractivity contribution in [2.24, 2.45) is 0 Å². The summed E-state index contributed by atoms with van der Waals surface area (Å²) >= 11 is 1.93. The maximum atomic E-state index is 6.80. The van der Waals surface area contributed by atoms with E-state index in [1.54, 1.807) is 0 Å². The van der Waals surface area contributed by atoms with Crippen molar-refractivity contribution in [1.29, 1.82) is 0 Å². The highest BCUT2D eigenvalue weighted by Crippen LogP contribution is 2.60. The first kappa shape index (κ1) is 40.5. The highest BCUT2D eigenvalue weighted by atomic mass is 32.1. The number of aromatic nitrogens is 1. The molecule has 0 radical (unpaired) electrons. The van der Waals surface area contributed by atoms with Crippen LogP contribution in [0.4, 0.5) is 11.4 Å². The number of anilines is 2. The molecule has 14 rings (SSSR count). The second-order valence-electron chi connectivity index (χ2n) is 23.8. The lowest BCUT2D eigenvalue weighted by Gasteiger charge is -2.44. The Hall–Kier alpha value is -6.56. The summed E-state index contributed by atoms with van der Waals surface area (Å²) in [5.41, 5.74) is 22.8. The lowest BCUT2D eigenvalue weighted by atomic mass is 9.43. The van der Waals surface area contributed by atoms with Crippen LogP contribution in [0, 0.1) is 0 Å². The SMILES string of the molecule is CC(C)(C)c1ccc(N2B3c4cc5c(cc4-n4c6ccc(C(C)(C)C)cc6c6c7c(c(c3c64)-c3cc4c(cc32)sc2ccc(C(C)(C)C)cc24)C(C)(C)c2ccccc2-7)oc2ccccc25)cc1. The average molecular weight is 899 g/mol. The zero-order valence-electron chi connectivity index (χ0n) is 41.0. The minimum atomic E-state index is -0.281. The van der Waals surface area contributed by atoms with Crippen LogP contribution in [0.5, 0.6) is 0 Å². The second kappa shape index (κ2) is 12.9. The number of para-hydroxylation sites is 1. The Morgan fingerprint density at radius 2 is 1.19 bits per heavy atom. The molecule has 0 saturated carbocycles. The number of hydrogen-bond donors (Lipinski definition) is 0. The molecule has 5 heteroatoms. The maximum Gasteiger partial charge on any atom is 0.333 e. The van der Waals surface area contributed by atoms with Crippen molar-refractivity contribution in [3.63, 3.8) is 0 Å². The third-order valence-electron chi connectivity index (χ3n) is 16.2. The molecule has 0 spiro atoms. The summed E-state index contributed by atoms with van der Waals surface area (Å²) in [6, 6.07) is 52.0. The van der Waals surface area contributed by atoms with E-state index in [9.17, 15) is 0 Å². The van der Waals surface area contributed by atoms with E-state index in [-0.39, 0.29) is 28.5 Å². The fourth-order valence-electron chi connectivity index (χ4n) is 12.7. The molecule has 2 aliphatic heterocycles. The first-order chi connectivity index (χ1) is 32.4. The fourth-order valence-corrected chi connectivity index (χ4v) is 13.8. The second-order valence-corrected chi connectivity index (χ2v) is 24.8. The van der Waals surface area contributed by atoms with Gasteiger partial charge in [0, 0.05) is 75.8 Å². The van der Waals surface area contributed by atoms with Gasteiger partial charge in [0.1, 0.15) is 11.2 Å². The van der Waals surface area contributed by atoms with Gasteiger partial charge in [0.15, 0.2) is 0 Å². The van der Waals surface area contributed by atoms with E-state index in [2.05, 4.69) is 219 Å². The molecule has 0 N–H and O–H groups in total. The molecule has 8 aromatic carbocycles. The minimum absolute atomic E-state index is 0.0195. The molecule has 0 atom stereocenters. The van der Waals surface area contributed by atoms with Crippen LogP contribution in [0.2, 0.25) is 0 Å². The van der Waals surface area contributed by atoms with Gasteiger partial charge >= 0.3 is 6.85 Å². The molecule has 1 aliphatic carbocycles. The van der Waals surface area contributed by atoms with E-state index in [1.165, 1.54) is 120 Å². The fraction of sp³-hybridized carbons (Fsp3) is 0.238. The molecule has 68 heavy (non-hydrogen) atoms. The Morgan fingerprint density at radius 3 is 1.94 bits per heavy atom. The molecule has 0 fully saturated rings. The molecule has 0 amide bonds. The Balaban J connectivity index is 1.23. The van der Waals surface area contributed by atoms with Crippen LogP contribution in [-0.2, 0) is 21.7 Å². The molecule has 0 unspecified atom stereocenters. The highest BCUT2D eigenvalue weighted by molar-refractivity contribution is 7.25. The Kier molecular flexibility index (Phi) is 7.71. The third kappa shape index (κ3) is 5.21. The quantitative estimate of drug-likeness (QED) is 0.153. The first-order valence-electron chi connectivity index (χ1n) is 24.5. The predicted molar refractivity (Wildman–Crippen MR) is 294 cm³/mol. The van der Waals surface area contributed by atoms with Crippen molar-refractivity contribution >= 4 is 104 Å². The van der Waals surface area contributed by atoms with Crippen molar-refractivity contribution < 1.29 is 4.42 Å². The van der Waals surface area contributed by atoms with Crippen molar-refractivity contribution in [2.75, 3.05) is 4.81 Å².